The monoisotopic (exact) mass is 413 g/mol. The van der Waals surface area contributed by atoms with Crippen LogP contribution in [-0.2, 0) is 22.3 Å². The van der Waals surface area contributed by atoms with Gasteiger partial charge in [-0.15, -0.1) is 0 Å². The number of carbonyl (C=O) groups excluding carboxylic acids is 1. The van der Waals surface area contributed by atoms with Gasteiger partial charge in [0.05, 0.1) is 5.56 Å². The number of hydrogen-bond acceptors (Lipinski definition) is 3. The predicted molar refractivity (Wildman–Crippen MR) is 103 cm³/mol. The van der Waals surface area contributed by atoms with E-state index in [1.54, 1.807) is 30.3 Å². The van der Waals surface area contributed by atoms with Gasteiger partial charge in [0.25, 0.3) is 5.91 Å². The van der Waals surface area contributed by atoms with Gasteiger partial charge in [-0.05, 0) is 36.4 Å². The van der Waals surface area contributed by atoms with Crippen molar-refractivity contribution in [2.24, 2.45) is 0 Å². The van der Waals surface area contributed by atoms with Crippen molar-refractivity contribution in [2.45, 2.75) is 12.7 Å². The Morgan fingerprint density at radius 3 is 2.40 bits per heavy atom. The summed E-state index contributed by atoms with van der Waals surface area (Å²) in [6, 6.07) is 12.5. The molecule has 0 bridgehead atoms. The highest BCUT2D eigenvalue weighted by Crippen LogP contribution is 2.30. The van der Waals surface area contributed by atoms with E-state index in [1.807, 2.05) is 0 Å². The molecule has 1 aromatic heterocycles. The number of carbonyl (C=O) groups is 2. The van der Waals surface area contributed by atoms with Crippen molar-refractivity contribution in [2.75, 3.05) is 5.32 Å². The summed E-state index contributed by atoms with van der Waals surface area (Å²) in [6.45, 7) is -0.298. The maximum absolute atomic E-state index is 12.6. The Kier molecular flexibility index (Phi) is 5.60. The molecule has 2 N–H and O–H groups in total. The lowest BCUT2D eigenvalue weighted by Crippen LogP contribution is -2.13. The molecular weight excluding hydrogens is 399 g/mol. The van der Waals surface area contributed by atoms with Crippen molar-refractivity contribution in [1.82, 2.24) is 4.57 Å². The van der Waals surface area contributed by atoms with Crippen molar-refractivity contribution in [1.29, 1.82) is 5.26 Å². The van der Waals surface area contributed by atoms with Gasteiger partial charge in [0, 0.05) is 28.4 Å². The van der Waals surface area contributed by atoms with Gasteiger partial charge in [-0.3, -0.25) is 9.59 Å². The first-order valence-electron chi connectivity index (χ1n) is 8.59. The van der Waals surface area contributed by atoms with Crippen LogP contribution in [0.25, 0.3) is 17.0 Å². The van der Waals surface area contributed by atoms with Gasteiger partial charge in [0.2, 0.25) is 0 Å². The van der Waals surface area contributed by atoms with Crippen LogP contribution in [0.5, 0.6) is 0 Å². The zero-order valence-electron chi connectivity index (χ0n) is 15.3. The number of benzene rings is 2. The number of nitriles is 1. The molecule has 0 atom stereocenters. The molecule has 3 rings (SSSR count). The summed E-state index contributed by atoms with van der Waals surface area (Å²) in [5, 5.41) is 21.5. The molecule has 0 radical (unpaired) electrons. The number of para-hydroxylation sites is 1. The molecule has 3 aromatic rings. The van der Waals surface area contributed by atoms with Crippen molar-refractivity contribution in [3.05, 3.63) is 71.4 Å². The van der Waals surface area contributed by atoms with E-state index in [4.69, 9.17) is 5.11 Å². The van der Waals surface area contributed by atoms with Gasteiger partial charge in [0.15, 0.2) is 0 Å². The Bertz CT molecular complexity index is 1190. The molecule has 0 aliphatic heterocycles. The SMILES string of the molecule is N#CC(=Cc1cn(CC(=O)O)c2ccccc12)C(=O)Nc1ccc(C(F)(F)F)cc1. The molecule has 0 aliphatic rings. The van der Waals surface area contributed by atoms with Gasteiger partial charge in [-0.25, -0.2) is 0 Å². The van der Waals surface area contributed by atoms with Gasteiger partial charge in [0.1, 0.15) is 18.2 Å². The molecule has 6 nitrogen and oxygen atoms in total. The minimum Gasteiger partial charge on any atom is -0.480 e. The van der Waals surface area contributed by atoms with Crippen LogP contribution in [0.4, 0.5) is 18.9 Å². The molecule has 1 amide bonds. The summed E-state index contributed by atoms with van der Waals surface area (Å²) < 4.78 is 39.4. The molecule has 0 spiro atoms. The van der Waals surface area contributed by atoms with E-state index in [0.29, 0.717) is 16.5 Å². The largest absolute Gasteiger partial charge is 0.480 e. The van der Waals surface area contributed by atoms with Crippen LogP contribution in [0.2, 0.25) is 0 Å². The van der Waals surface area contributed by atoms with Crippen molar-refractivity contribution in [3.8, 4) is 6.07 Å². The van der Waals surface area contributed by atoms with Crippen LogP contribution in [0.15, 0.2) is 60.3 Å². The lowest BCUT2D eigenvalue weighted by molar-refractivity contribution is -0.138. The summed E-state index contributed by atoms with van der Waals surface area (Å²) in [4.78, 5) is 23.5. The highest BCUT2D eigenvalue weighted by atomic mass is 19.4. The summed E-state index contributed by atoms with van der Waals surface area (Å²) in [5.74, 6) is -1.85. The van der Waals surface area contributed by atoms with E-state index >= 15 is 0 Å². The fourth-order valence-corrected chi connectivity index (χ4v) is 2.91. The number of nitrogens with one attached hydrogen (secondary N) is 1. The average Bonchev–Trinajstić information content (AvgIpc) is 3.02. The number of fused-ring (bicyclic) bond motifs is 1. The van der Waals surface area contributed by atoms with Gasteiger partial charge >= 0.3 is 12.1 Å². The number of rotatable bonds is 5. The van der Waals surface area contributed by atoms with E-state index in [0.717, 1.165) is 24.3 Å². The Balaban J connectivity index is 1.89. The number of alkyl halides is 3. The minimum atomic E-state index is -4.50. The zero-order valence-corrected chi connectivity index (χ0v) is 15.3. The maximum Gasteiger partial charge on any atom is 0.416 e. The topological polar surface area (TPSA) is 95.1 Å². The summed E-state index contributed by atoms with van der Waals surface area (Å²) in [5.41, 5.74) is 0.0379. The van der Waals surface area contributed by atoms with Gasteiger partial charge in [-0.2, -0.15) is 18.4 Å². The van der Waals surface area contributed by atoms with Crippen molar-refractivity contribution >= 4 is 34.5 Å². The molecular formula is C21H14F3N3O3. The van der Waals surface area contributed by atoms with Gasteiger partial charge in [-0.1, -0.05) is 18.2 Å². The first kappa shape index (κ1) is 20.7. The molecule has 0 unspecified atom stereocenters. The predicted octanol–water partition coefficient (Wildman–Crippen LogP) is 4.29. The third-order valence-electron chi connectivity index (χ3n) is 4.26. The fraction of sp³-hybridized carbons (Fsp3) is 0.0952. The number of aromatic nitrogens is 1. The van der Waals surface area contributed by atoms with E-state index < -0.39 is 23.6 Å². The normalized spacial score (nSPS) is 11.9. The molecule has 0 aliphatic carbocycles. The van der Waals surface area contributed by atoms with E-state index in [2.05, 4.69) is 5.32 Å². The molecule has 1 heterocycles. The third-order valence-corrected chi connectivity index (χ3v) is 4.26. The van der Waals surface area contributed by atoms with Crippen LogP contribution in [-0.4, -0.2) is 21.6 Å². The number of anilines is 1. The maximum atomic E-state index is 12.6. The van der Waals surface area contributed by atoms with Crippen molar-refractivity contribution in [3.63, 3.8) is 0 Å². The fourth-order valence-electron chi connectivity index (χ4n) is 2.91. The second-order valence-corrected chi connectivity index (χ2v) is 6.32. The van der Waals surface area contributed by atoms with Gasteiger partial charge < -0.3 is 15.0 Å². The number of nitrogens with zero attached hydrogens (tertiary/aromatic N) is 2. The van der Waals surface area contributed by atoms with Crippen LogP contribution in [0.1, 0.15) is 11.1 Å². The Hall–Kier alpha value is -4.06. The standard InChI is InChI=1S/C21H14F3N3O3/c22-21(23,24)15-5-7-16(8-6-15)26-20(30)13(10-25)9-14-11-27(12-19(28)29)18-4-2-1-3-17(14)18/h1-9,11H,12H2,(H,26,30)(H,28,29). The minimum absolute atomic E-state index is 0.0995. The Labute approximate surface area is 168 Å². The first-order valence-corrected chi connectivity index (χ1v) is 8.59. The van der Waals surface area contributed by atoms with Crippen molar-refractivity contribution < 1.29 is 27.9 Å². The number of hydrogen-bond donors (Lipinski definition) is 2. The summed E-state index contributed by atoms with van der Waals surface area (Å²) >= 11 is 0. The molecule has 2 aromatic carbocycles. The summed E-state index contributed by atoms with van der Waals surface area (Å²) in [7, 11) is 0. The second kappa shape index (κ2) is 8.13. The Morgan fingerprint density at radius 1 is 1.13 bits per heavy atom. The molecule has 0 saturated carbocycles. The number of carboxylic acids is 1. The third kappa shape index (κ3) is 4.50. The van der Waals surface area contributed by atoms with Crippen LogP contribution >= 0.6 is 0 Å². The highest BCUT2D eigenvalue weighted by molar-refractivity contribution is 6.10. The average molecular weight is 413 g/mol. The number of halogens is 3. The zero-order chi connectivity index (χ0) is 21.9. The molecule has 30 heavy (non-hydrogen) atoms. The summed E-state index contributed by atoms with van der Waals surface area (Å²) in [6.07, 6.45) is -1.67. The lowest BCUT2D eigenvalue weighted by Gasteiger charge is -2.08. The molecule has 152 valence electrons. The lowest BCUT2D eigenvalue weighted by atomic mass is 10.1. The quantitative estimate of drug-likeness (QED) is 0.482. The molecule has 0 fully saturated rings. The number of amides is 1. The van der Waals surface area contributed by atoms with Crippen LogP contribution in [0.3, 0.4) is 0 Å². The number of aliphatic carboxylic acids is 1. The Morgan fingerprint density at radius 2 is 1.80 bits per heavy atom. The van der Waals surface area contributed by atoms with E-state index in [9.17, 15) is 28.0 Å². The second-order valence-electron chi connectivity index (χ2n) is 6.32. The van der Waals surface area contributed by atoms with E-state index in [1.165, 1.54) is 16.8 Å². The first-order chi connectivity index (χ1) is 14.2. The van der Waals surface area contributed by atoms with Crippen LogP contribution in [0, 0.1) is 11.3 Å². The molecule has 0 saturated heterocycles. The number of carboxylic acid groups (broad SMARTS) is 1. The smallest absolute Gasteiger partial charge is 0.416 e. The van der Waals surface area contributed by atoms with Crippen LogP contribution < -0.4 is 5.32 Å². The van der Waals surface area contributed by atoms with E-state index in [-0.39, 0.29) is 17.8 Å². The highest BCUT2D eigenvalue weighted by Gasteiger charge is 2.30. The molecule has 9 heteroatoms.